The molecular weight excluding hydrogens is 382 g/mol. The molecule has 30 heavy (non-hydrogen) atoms. The Morgan fingerprint density at radius 1 is 1.33 bits per heavy atom. The summed E-state index contributed by atoms with van der Waals surface area (Å²) in [7, 11) is 1.38. The Hall–Kier alpha value is -3.68. The molecule has 8 nitrogen and oxygen atoms in total. The number of hydrogen-bond donors (Lipinski definition) is 2. The summed E-state index contributed by atoms with van der Waals surface area (Å²) in [4.78, 5) is 25.0. The minimum Gasteiger partial charge on any atom is -0.493 e. The first kappa shape index (κ1) is 18.4. The van der Waals surface area contributed by atoms with Crippen molar-refractivity contribution in [2.24, 2.45) is 10.9 Å². The van der Waals surface area contributed by atoms with Crippen molar-refractivity contribution in [1.29, 1.82) is 0 Å². The molecule has 0 amide bonds. The van der Waals surface area contributed by atoms with Gasteiger partial charge >= 0.3 is 5.97 Å². The topological polar surface area (TPSA) is 112 Å². The lowest BCUT2D eigenvalue weighted by molar-refractivity contribution is 0.0600. The van der Waals surface area contributed by atoms with Crippen LogP contribution in [0.3, 0.4) is 0 Å². The Morgan fingerprint density at radius 2 is 2.23 bits per heavy atom. The van der Waals surface area contributed by atoms with E-state index in [-0.39, 0.29) is 29.9 Å². The first-order valence-electron chi connectivity index (χ1n) is 9.78. The van der Waals surface area contributed by atoms with Gasteiger partial charge in [0.05, 0.1) is 43.0 Å². The number of fused-ring (bicyclic) bond motifs is 2. The third-order valence-corrected chi connectivity index (χ3v) is 5.55. The van der Waals surface area contributed by atoms with Crippen molar-refractivity contribution in [2.45, 2.75) is 18.5 Å². The number of aromatic nitrogens is 2. The number of aliphatic imine (C=N–C) groups is 1. The molecule has 3 heterocycles. The second-order valence-corrected chi connectivity index (χ2v) is 7.48. The number of nitrogens with two attached hydrogens (primary N) is 1. The van der Waals surface area contributed by atoms with Crippen molar-refractivity contribution in [1.82, 2.24) is 15.3 Å². The quantitative estimate of drug-likeness (QED) is 0.752. The van der Waals surface area contributed by atoms with E-state index in [0.717, 1.165) is 34.8 Å². The molecule has 3 unspecified atom stereocenters. The summed E-state index contributed by atoms with van der Waals surface area (Å²) in [6.45, 7) is 0.540. The summed E-state index contributed by atoms with van der Waals surface area (Å²) >= 11 is 0. The van der Waals surface area contributed by atoms with Crippen LogP contribution in [0.15, 0.2) is 53.7 Å². The standard InChI is InChI=1S/C22H21N5O3/c1-29-21(28)13-3-5-19-14(8-13)9-15(11-30-19)20-25-17-4-2-12(10-18(17)26-20)16-6-7-24-22(23)27-16/h2-8,10,15,17-18H,9,11H2,1H3,(H,25,26)(H2,23,24,27). The van der Waals surface area contributed by atoms with Gasteiger partial charge in [-0.05, 0) is 47.9 Å². The lowest BCUT2D eigenvalue weighted by Crippen LogP contribution is -2.39. The van der Waals surface area contributed by atoms with Crippen molar-refractivity contribution in [3.8, 4) is 5.75 Å². The molecule has 3 aliphatic rings. The number of anilines is 1. The molecule has 152 valence electrons. The monoisotopic (exact) mass is 403 g/mol. The van der Waals surface area contributed by atoms with Crippen LogP contribution in [-0.4, -0.2) is 47.6 Å². The van der Waals surface area contributed by atoms with Gasteiger partial charge in [0.25, 0.3) is 0 Å². The third kappa shape index (κ3) is 3.30. The molecule has 0 saturated carbocycles. The van der Waals surface area contributed by atoms with Crippen LogP contribution < -0.4 is 15.8 Å². The summed E-state index contributed by atoms with van der Waals surface area (Å²) in [6.07, 6.45) is 8.62. The van der Waals surface area contributed by atoms with E-state index in [9.17, 15) is 4.79 Å². The van der Waals surface area contributed by atoms with Gasteiger partial charge in [0, 0.05) is 6.20 Å². The molecule has 0 bridgehead atoms. The van der Waals surface area contributed by atoms with Gasteiger partial charge in [0.2, 0.25) is 5.95 Å². The number of allylic oxidation sites excluding steroid dienone is 2. The van der Waals surface area contributed by atoms with E-state index in [2.05, 4.69) is 27.4 Å². The molecule has 3 N–H and O–H groups in total. The molecule has 0 spiro atoms. The number of nitrogen functional groups attached to an aromatic ring is 1. The number of carbonyl (C=O) groups is 1. The summed E-state index contributed by atoms with van der Waals surface area (Å²) < 4.78 is 10.8. The fourth-order valence-electron chi connectivity index (χ4n) is 4.03. The number of ether oxygens (including phenoxy) is 2. The first-order valence-corrected chi connectivity index (χ1v) is 9.78. The van der Waals surface area contributed by atoms with Gasteiger partial charge in [-0.2, -0.15) is 0 Å². The van der Waals surface area contributed by atoms with Gasteiger partial charge in [0.1, 0.15) is 11.6 Å². The lowest BCUT2D eigenvalue weighted by Gasteiger charge is -2.26. The predicted molar refractivity (Wildman–Crippen MR) is 112 cm³/mol. The minimum atomic E-state index is -0.351. The predicted octanol–water partition coefficient (Wildman–Crippen LogP) is 1.79. The van der Waals surface area contributed by atoms with Crippen LogP contribution in [0.4, 0.5) is 5.95 Å². The molecule has 2 aliphatic heterocycles. The number of carbonyl (C=O) groups excluding carboxylic acids is 1. The Bertz CT molecular complexity index is 1110. The molecule has 1 aromatic carbocycles. The number of nitrogens with one attached hydrogen (secondary N) is 1. The summed E-state index contributed by atoms with van der Waals surface area (Å²) in [6, 6.07) is 7.32. The van der Waals surface area contributed by atoms with E-state index < -0.39 is 0 Å². The molecule has 3 atom stereocenters. The second kappa shape index (κ2) is 7.29. The van der Waals surface area contributed by atoms with E-state index in [1.807, 2.05) is 24.3 Å². The van der Waals surface area contributed by atoms with E-state index in [1.165, 1.54) is 7.11 Å². The Balaban J connectivity index is 1.36. The van der Waals surface area contributed by atoms with E-state index in [0.29, 0.717) is 12.2 Å². The Kier molecular flexibility index (Phi) is 4.46. The van der Waals surface area contributed by atoms with Crippen LogP contribution in [-0.2, 0) is 11.2 Å². The molecule has 0 saturated heterocycles. The molecular formula is C22H21N5O3. The van der Waals surface area contributed by atoms with Gasteiger partial charge in [0.15, 0.2) is 0 Å². The average molecular weight is 403 g/mol. The van der Waals surface area contributed by atoms with Gasteiger partial charge < -0.3 is 20.5 Å². The van der Waals surface area contributed by atoms with E-state index in [4.69, 9.17) is 20.2 Å². The van der Waals surface area contributed by atoms with Crippen LogP contribution in [0.2, 0.25) is 0 Å². The highest BCUT2D eigenvalue weighted by Gasteiger charge is 2.34. The smallest absolute Gasteiger partial charge is 0.337 e. The van der Waals surface area contributed by atoms with Gasteiger partial charge in [-0.25, -0.2) is 14.8 Å². The summed E-state index contributed by atoms with van der Waals surface area (Å²) in [5.41, 5.74) is 8.98. The maximum Gasteiger partial charge on any atom is 0.337 e. The molecule has 0 radical (unpaired) electrons. The molecule has 0 fully saturated rings. The van der Waals surface area contributed by atoms with Crippen molar-refractivity contribution in [2.75, 3.05) is 19.5 Å². The highest BCUT2D eigenvalue weighted by atomic mass is 16.5. The average Bonchev–Trinajstić information content (AvgIpc) is 3.21. The number of methoxy groups -OCH3 is 1. The van der Waals surface area contributed by atoms with E-state index >= 15 is 0 Å². The maximum atomic E-state index is 11.8. The molecule has 5 rings (SSSR count). The van der Waals surface area contributed by atoms with Crippen molar-refractivity contribution in [3.05, 3.63) is 65.5 Å². The number of esters is 1. The third-order valence-electron chi connectivity index (χ3n) is 5.55. The van der Waals surface area contributed by atoms with Gasteiger partial charge in [-0.3, -0.25) is 4.99 Å². The molecule has 1 aromatic heterocycles. The Labute approximate surface area is 173 Å². The van der Waals surface area contributed by atoms with Gasteiger partial charge in [-0.1, -0.05) is 12.2 Å². The molecule has 1 aliphatic carbocycles. The van der Waals surface area contributed by atoms with Crippen molar-refractivity contribution >= 4 is 23.3 Å². The number of nitrogens with zero attached hydrogens (tertiary/aromatic N) is 3. The normalized spacial score (nSPS) is 24.0. The maximum absolute atomic E-state index is 11.8. The molecule has 2 aromatic rings. The van der Waals surface area contributed by atoms with Crippen molar-refractivity contribution in [3.63, 3.8) is 0 Å². The SMILES string of the molecule is COC(=O)c1ccc2c(c1)CC(C1=NC3C=C(c4ccnc(N)n4)C=CC3N1)CO2. The zero-order valence-corrected chi connectivity index (χ0v) is 16.4. The van der Waals surface area contributed by atoms with Crippen molar-refractivity contribution < 1.29 is 14.3 Å². The fraction of sp³-hybridized carbons (Fsp3) is 0.273. The number of hydrogen-bond acceptors (Lipinski definition) is 8. The zero-order chi connectivity index (χ0) is 20.7. The molecule has 8 heteroatoms. The number of rotatable bonds is 3. The highest BCUT2D eigenvalue weighted by Crippen LogP contribution is 2.31. The Morgan fingerprint density at radius 3 is 3.07 bits per heavy atom. The fourth-order valence-corrected chi connectivity index (χ4v) is 4.03. The van der Waals surface area contributed by atoms with E-state index in [1.54, 1.807) is 12.3 Å². The van der Waals surface area contributed by atoms with Gasteiger partial charge in [-0.15, -0.1) is 0 Å². The number of amidine groups is 1. The first-order chi connectivity index (χ1) is 14.6. The van der Waals surface area contributed by atoms with Crippen LogP contribution in [0.1, 0.15) is 21.6 Å². The zero-order valence-electron chi connectivity index (χ0n) is 16.4. The largest absolute Gasteiger partial charge is 0.493 e. The summed E-state index contributed by atoms with van der Waals surface area (Å²) in [5, 5.41) is 3.51. The number of benzene rings is 1. The summed E-state index contributed by atoms with van der Waals surface area (Å²) in [5.74, 6) is 1.72. The van der Waals surface area contributed by atoms with Crippen LogP contribution in [0.5, 0.6) is 5.75 Å². The van der Waals surface area contributed by atoms with Crippen LogP contribution >= 0.6 is 0 Å². The van der Waals surface area contributed by atoms with Crippen LogP contribution in [0, 0.1) is 5.92 Å². The second-order valence-electron chi connectivity index (χ2n) is 7.48. The highest BCUT2D eigenvalue weighted by molar-refractivity contribution is 5.91. The van der Waals surface area contributed by atoms with Crippen LogP contribution in [0.25, 0.3) is 5.57 Å². The lowest BCUT2D eigenvalue weighted by atomic mass is 9.94. The minimum absolute atomic E-state index is 0.0148.